The molecule has 11 nitrogen and oxygen atoms in total. The van der Waals surface area contributed by atoms with Crippen molar-refractivity contribution in [3.8, 4) is 0 Å². The van der Waals surface area contributed by atoms with E-state index in [0.29, 0.717) is 12.8 Å². The van der Waals surface area contributed by atoms with Gasteiger partial charge in [0.25, 0.3) is 11.4 Å². The number of rotatable bonds is 9. The van der Waals surface area contributed by atoms with Crippen molar-refractivity contribution in [2.45, 2.75) is 54.8 Å². The van der Waals surface area contributed by atoms with Gasteiger partial charge in [0, 0.05) is 18.1 Å². The highest BCUT2D eigenvalue weighted by Crippen LogP contribution is 2.43. The molecular formula is C23H26N2O9S. The summed E-state index contributed by atoms with van der Waals surface area (Å²) in [6, 6.07) is 10.3. The molecule has 0 radical (unpaired) electrons. The summed E-state index contributed by atoms with van der Waals surface area (Å²) in [4.78, 5) is 33.0. The first kappa shape index (κ1) is 26.2. The van der Waals surface area contributed by atoms with Gasteiger partial charge in [-0.25, -0.2) is 13.2 Å². The Hall–Kier alpha value is -3.38. The third-order valence-electron chi connectivity index (χ3n) is 6.40. The highest BCUT2D eigenvalue weighted by Gasteiger charge is 2.52. The first-order valence-electron chi connectivity index (χ1n) is 11.1. The summed E-state index contributed by atoms with van der Waals surface area (Å²) in [6.07, 6.45) is 1.22. The summed E-state index contributed by atoms with van der Waals surface area (Å²) < 4.78 is 31.0. The Morgan fingerprint density at radius 2 is 1.57 bits per heavy atom. The standard InChI is InChI=1S/C23H26N2O9S/c1-16(15-34-22(27)17-12-18(24(28)29)14-19(13-17)25(30)31)21(26)23(10-6-3-7-11-23)35(32,33)20-8-4-2-5-9-20/h2,4-5,8-9,12-14,16,21,26H,3,6-7,10-11,15H2,1H3/t16-,21-/m0/s1. The van der Waals surface area contributed by atoms with E-state index in [-0.39, 0.29) is 24.3 Å². The van der Waals surface area contributed by atoms with E-state index in [2.05, 4.69) is 0 Å². The number of aliphatic hydroxyl groups is 1. The smallest absolute Gasteiger partial charge is 0.338 e. The van der Waals surface area contributed by atoms with Crippen LogP contribution in [0.1, 0.15) is 49.4 Å². The molecule has 1 saturated carbocycles. The van der Waals surface area contributed by atoms with E-state index in [1.807, 2.05) is 0 Å². The molecule has 188 valence electrons. The summed E-state index contributed by atoms with van der Waals surface area (Å²) in [5.74, 6) is -1.86. The summed E-state index contributed by atoms with van der Waals surface area (Å²) in [6.45, 7) is 1.16. The first-order chi connectivity index (χ1) is 16.5. The molecule has 12 heteroatoms. The molecule has 0 bridgehead atoms. The molecule has 2 aromatic rings. The van der Waals surface area contributed by atoms with Crippen molar-refractivity contribution in [3.63, 3.8) is 0 Å². The molecule has 0 amide bonds. The number of nitrogens with zero attached hydrogens (tertiary/aromatic N) is 2. The largest absolute Gasteiger partial charge is 0.462 e. The minimum Gasteiger partial charge on any atom is -0.462 e. The number of hydrogen-bond donors (Lipinski definition) is 1. The van der Waals surface area contributed by atoms with E-state index >= 15 is 0 Å². The Bertz CT molecular complexity index is 1180. The minimum absolute atomic E-state index is 0.106. The number of ether oxygens (including phenoxy) is 1. The van der Waals surface area contributed by atoms with Gasteiger partial charge in [-0.05, 0) is 25.0 Å². The lowest BCUT2D eigenvalue weighted by molar-refractivity contribution is -0.394. The molecule has 1 N–H and O–H groups in total. The molecule has 0 unspecified atom stereocenters. The number of benzene rings is 2. The fourth-order valence-electron chi connectivity index (χ4n) is 4.53. The normalized spacial score (nSPS) is 17.2. The monoisotopic (exact) mass is 506 g/mol. The molecule has 1 aliphatic carbocycles. The lowest BCUT2D eigenvalue weighted by Crippen LogP contribution is -2.54. The van der Waals surface area contributed by atoms with Crippen LogP contribution in [0, 0.1) is 26.1 Å². The molecule has 0 aliphatic heterocycles. The third-order valence-corrected chi connectivity index (χ3v) is 9.02. The highest BCUT2D eigenvalue weighted by molar-refractivity contribution is 7.93. The van der Waals surface area contributed by atoms with Crippen molar-refractivity contribution in [1.82, 2.24) is 0 Å². The number of nitro benzene ring substituents is 2. The zero-order valence-electron chi connectivity index (χ0n) is 19.0. The topological polar surface area (TPSA) is 167 Å². The third kappa shape index (κ3) is 5.33. The number of carbonyl (C=O) groups is 1. The summed E-state index contributed by atoms with van der Waals surface area (Å²) in [5, 5.41) is 33.4. The molecule has 0 aromatic heterocycles. The van der Waals surface area contributed by atoms with E-state index in [1.54, 1.807) is 25.1 Å². The van der Waals surface area contributed by atoms with Crippen LogP contribution in [0.3, 0.4) is 0 Å². The maximum absolute atomic E-state index is 13.6. The number of hydrogen-bond acceptors (Lipinski definition) is 9. The van der Waals surface area contributed by atoms with Crippen LogP contribution in [0.25, 0.3) is 0 Å². The van der Waals surface area contributed by atoms with E-state index in [0.717, 1.165) is 24.6 Å². The number of carbonyl (C=O) groups excluding carboxylic acids is 1. The molecule has 1 aliphatic rings. The molecule has 0 spiro atoms. The average Bonchev–Trinajstić information content (AvgIpc) is 2.87. The van der Waals surface area contributed by atoms with Gasteiger partial charge in [0.05, 0.1) is 39.1 Å². The quantitative estimate of drug-likeness (QED) is 0.302. The molecule has 35 heavy (non-hydrogen) atoms. The maximum Gasteiger partial charge on any atom is 0.338 e. The highest BCUT2D eigenvalue weighted by atomic mass is 32.2. The molecular weight excluding hydrogens is 480 g/mol. The predicted molar refractivity (Wildman–Crippen MR) is 125 cm³/mol. The lowest BCUT2D eigenvalue weighted by Gasteiger charge is -2.42. The first-order valence-corrected chi connectivity index (χ1v) is 12.6. The second-order valence-corrected chi connectivity index (χ2v) is 11.0. The maximum atomic E-state index is 13.6. The zero-order chi connectivity index (χ0) is 25.8. The van der Waals surface area contributed by atoms with Gasteiger partial charge in [-0.1, -0.05) is 44.4 Å². The van der Waals surface area contributed by atoms with Crippen LogP contribution in [0.5, 0.6) is 0 Å². The van der Waals surface area contributed by atoms with Gasteiger partial charge < -0.3 is 9.84 Å². The van der Waals surface area contributed by atoms with Gasteiger partial charge in [0.1, 0.15) is 4.75 Å². The lowest BCUT2D eigenvalue weighted by atomic mass is 9.80. The van der Waals surface area contributed by atoms with Crippen LogP contribution in [-0.2, 0) is 14.6 Å². The van der Waals surface area contributed by atoms with Gasteiger partial charge >= 0.3 is 5.97 Å². The minimum atomic E-state index is -3.93. The summed E-state index contributed by atoms with van der Waals surface area (Å²) in [7, 11) is -3.93. The van der Waals surface area contributed by atoms with Crippen molar-refractivity contribution < 1.29 is 32.9 Å². The van der Waals surface area contributed by atoms with Gasteiger partial charge in [0.15, 0.2) is 9.84 Å². The van der Waals surface area contributed by atoms with Crippen LogP contribution < -0.4 is 0 Å². The van der Waals surface area contributed by atoms with Gasteiger partial charge in [-0.2, -0.15) is 0 Å². The molecule has 0 saturated heterocycles. The fraction of sp³-hybridized carbons (Fsp3) is 0.435. The number of non-ortho nitro benzene ring substituents is 2. The van der Waals surface area contributed by atoms with E-state index in [9.17, 15) is 38.5 Å². The van der Waals surface area contributed by atoms with Crippen LogP contribution in [0.15, 0.2) is 53.4 Å². The second-order valence-electron chi connectivity index (χ2n) is 8.71. The van der Waals surface area contributed by atoms with Crippen molar-refractivity contribution in [3.05, 3.63) is 74.3 Å². The SMILES string of the molecule is C[C@@H](COC(=O)c1cc([N+](=O)[O-])cc([N+](=O)[O-])c1)[C@H](O)C1(S(=O)(=O)c2ccccc2)CCCCC1. The number of esters is 1. The second kappa shape index (κ2) is 10.5. The number of nitro groups is 2. The van der Waals surface area contributed by atoms with Gasteiger partial charge in [-0.3, -0.25) is 20.2 Å². The molecule has 0 heterocycles. The number of sulfone groups is 1. The Labute approximate surface area is 201 Å². The summed E-state index contributed by atoms with van der Waals surface area (Å²) in [5.41, 5.74) is -1.68. The Kier molecular flexibility index (Phi) is 7.86. The molecule has 2 aromatic carbocycles. The van der Waals surface area contributed by atoms with Crippen molar-refractivity contribution in [2.75, 3.05) is 6.61 Å². The van der Waals surface area contributed by atoms with Crippen LogP contribution in [-0.4, -0.2) is 46.8 Å². The fourth-order valence-corrected chi connectivity index (χ4v) is 6.89. The van der Waals surface area contributed by atoms with Crippen LogP contribution >= 0.6 is 0 Å². The van der Waals surface area contributed by atoms with Crippen LogP contribution in [0.4, 0.5) is 11.4 Å². The van der Waals surface area contributed by atoms with Crippen LogP contribution in [0.2, 0.25) is 0 Å². The van der Waals surface area contributed by atoms with Crippen molar-refractivity contribution in [1.29, 1.82) is 0 Å². The predicted octanol–water partition coefficient (Wildman–Crippen LogP) is 3.83. The van der Waals surface area contributed by atoms with E-state index < -0.39 is 59.4 Å². The Balaban J connectivity index is 1.82. The molecule has 2 atom stereocenters. The Morgan fingerprint density at radius 1 is 1.03 bits per heavy atom. The Morgan fingerprint density at radius 3 is 2.09 bits per heavy atom. The van der Waals surface area contributed by atoms with Crippen molar-refractivity contribution >= 4 is 27.2 Å². The van der Waals surface area contributed by atoms with Crippen molar-refractivity contribution in [2.24, 2.45) is 5.92 Å². The van der Waals surface area contributed by atoms with Gasteiger partial charge in [-0.15, -0.1) is 0 Å². The zero-order valence-corrected chi connectivity index (χ0v) is 19.8. The average molecular weight is 507 g/mol. The van der Waals surface area contributed by atoms with Gasteiger partial charge in [0.2, 0.25) is 0 Å². The van der Waals surface area contributed by atoms with E-state index in [4.69, 9.17) is 4.74 Å². The molecule has 1 fully saturated rings. The number of aliphatic hydroxyl groups excluding tert-OH is 1. The summed E-state index contributed by atoms with van der Waals surface area (Å²) >= 11 is 0. The van der Waals surface area contributed by atoms with E-state index in [1.165, 1.54) is 12.1 Å². The molecule has 3 rings (SSSR count).